The number of benzene rings is 2. The quantitative estimate of drug-likeness (QED) is 0.682. The van der Waals surface area contributed by atoms with Crippen molar-refractivity contribution < 1.29 is 18.7 Å². The molecule has 0 fully saturated rings. The summed E-state index contributed by atoms with van der Waals surface area (Å²) in [6.45, 7) is -0.497. The molecule has 0 radical (unpaired) electrons. The second-order valence-corrected chi connectivity index (χ2v) is 5.81. The van der Waals surface area contributed by atoms with Crippen LogP contribution in [0.5, 0.6) is 0 Å². The van der Waals surface area contributed by atoms with E-state index in [1.165, 1.54) is 12.1 Å². The molecular formula is C18H14ClFN2O3. The lowest BCUT2D eigenvalue weighted by atomic mass is 10.1. The van der Waals surface area contributed by atoms with Crippen LogP contribution in [-0.4, -0.2) is 23.5 Å². The Hall–Kier alpha value is -2.86. The van der Waals surface area contributed by atoms with Crippen LogP contribution in [0, 0.1) is 5.82 Å². The van der Waals surface area contributed by atoms with Crippen LogP contribution < -0.4 is 5.32 Å². The number of nitrogens with one attached hydrogen (secondary N) is 2. The van der Waals surface area contributed by atoms with Gasteiger partial charge in [-0.1, -0.05) is 29.8 Å². The first-order chi connectivity index (χ1) is 12.0. The lowest BCUT2D eigenvalue weighted by Gasteiger charge is -2.07. The van der Waals surface area contributed by atoms with E-state index >= 15 is 0 Å². The fourth-order valence-corrected chi connectivity index (χ4v) is 2.57. The van der Waals surface area contributed by atoms with Gasteiger partial charge in [-0.3, -0.25) is 9.59 Å². The van der Waals surface area contributed by atoms with Gasteiger partial charge in [-0.2, -0.15) is 0 Å². The number of carbonyl (C=O) groups excluding carboxylic acids is 2. The summed E-state index contributed by atoms with van der Waals surface area (Å²) in [4.78, 5) is 26.8. The van der Waals surface area contributed by atoms with Crippen LogP contribution in [0.15, 0.2) is 48.7 Å². The molecule has 0 saturated carbocycles. The van der Waals surface area contributed by atoms with Crippen molar-refractivity contribution in [1.29, 1.82) is 0 Å². The van der Waals surface area contributed by atoms with Gasteiger partial charge < -0.3 is 15.0 Å². The van der Waals surface area contributed by atoms with E-state index < -0.39 is 24.3 Å². The van der Waals surface area contributed by atoms with Crippen LogP contribution in [0.2, 0.25) is 5.02 Å². The lowest BCUT2D eigenvalue weighted by molar-refractivity contribution is -0.146. The number of rotatable bonds is 5. The average Bonchev–Trinajstić information content (AvgIpc) is 2.99. The molecule has 7 heteroatoms. The molecule has 0 atom stereocenters. The fraction of sp³-hybridized carbons (Fsp3) is 0.111. The number of hydrogen-bond acceptors (Lipinski definition) is 3. The molecular weight excluding hydrogens is 347 g/mol. The molecule has 1 aromatic heterocycles. The van der Waals surface area contributed by atoms with E-state index in [9.17, 15) is 14.0 Å². The zero-order chi connectivity index (χ0) is 17.8. The zero-order valence-electron chi connectivity index (χ0n) is 13.0. The molecule has 3 aromatic rings. The number of aromatic nitrogens is 1. The first kappa shape index (κ1) is 17.0. The number of aromatic amines is 1. The highest BCUT2D eigenvalue weighted by molar-refractivity contribution is 6.30. The standard InChI is InChI=1S/C18H14ClFN2O3/c19-12-5-6-16(14(20)8-12)22-17(23)10-25-18(24)7-11-9-21-15-4-2-1-3-13(11)15/h1-6,8-9,21H,7,10H2,(H,22,23). The Bertz CT molecular complexity index is 939. The van der Waals surface area contributed by atoms with E-state index in [0.717, 1.165) is 22.5 Å². The Kier molecular flexibility index (Phi) is 5.00. The summed E-state index contributed by atoms with van der Waals surface area (Å²) in [7, 11) is 0. The van der Waals surface area contributed by atoms with E-state index in [2.05, 4.69) is 10.3 Å². The monoisotopic (exact) mass is 360 g/mol. The van der Waals surface area contributed by atoms with Crippen LogP contribution >= 0.6 is 11.6 Å². The van der Waals surface area contributed by atoms with Gasteiger partial charge in [0, 0.05) is 22.1 Å². The Morgan fingerprint density at radius 3 is 2.80 bits per heavy atom. The SMILES string of the molecule is O=C(COC(=O)Cc1c[nH]c2ccccc12)Nc1ccc(Cl)cc1F. The minimum atomic E-state index is -0.661. The van der Waals surface area contributed by atoms with Crippen molar-refractivity contribution in [3.05, 3.63) is 65.1 Å². The topological polar surface area (TPSA) is 71.2 Å². The molecule has 0 saturated heterocycles. The maximum atomic E-state index is 13.6. The number of anilines is 1. The summed E-state index contributed by atoms with van der Waals surface area (Å²) >= 11 is 5.64. The summed E-state index contributed by atoms with van der Waals surface area (Å²) in [6.07, 6.45) is 1.77. The molecule has 2 aromatic carbocycles. The van der Waals surface area contributed by atoms with E-state index in [1.54, 1.807) is 6.20 Å². The molecule has 0 spiro atoms. The van der Waals surface area contributed by atoms with Gasteiger partial charge >= 0.3 is 5.97 Å². The molecule has 128 valence electrons. The number of H-pyrrole nitrogens is 1. The van der Waals surface area contributed by atoms with Gasteiger partial charge in [-0.05, 0) is 29.8 Å². The molecule has 0 bridgehead atoms. The highest BCUT2D eigenvalue weighted by Crippen LogP contribution is 2.19. The first-order valence-electron chi connectivity index (χ1n) is 7.48. The number of para-hydroxylation sites is 1. The number of carbonyl (C=O) groups is 2. The molecule has 5 nitrogen and oxygen atoms in total. The number of fused-ring (bicyclic) bond motifs is 1. The molecule has 0 aliphatic carbocycles. The van der Waals surface area contributed by atoms with E-state index in [4.69, 9.17) is 16.3 Å². The molecule has 0 aliphatic rings. The predicted molar refractivity (Wildman–Crippen MR) is 93.0 cm³/mol. The Labute approximate surface area is 147 Å². The zero-order valence-corrected chi connectivity index (χ0v) is 13.8. The normalized spacial score (nSPS) is 10.6. The molecule has 1 heterocycles. The van der Waals surface area contributed by atoms with Gasteiger partial charge in [-0.15, -0.1) is 0 Å². The Morgan fingerprint density at radius 1 is 1.20 bits per heavy atom. The average molecular weight is 361 g/mol. The highest BCUT2D eigenvalue weighted by Gasteiger charge is 2.13. The van der Waals surface area contributed by atoms with E-state index in [0.29, 0.717) is 0 Å². The van der Waals surface area contributed by atoms with Crippen LogP contribution in [0.3, 0.4) is 0 Å². The van der Waals surface area contributed by atoms with Crippen molar-refractivity contribution in [3.8, 4) is 0 Å². The Balaban J connectivity index is 1.54. The van der Waals surface area contributed by atoms with Gasteiger partial charge in [0.2, 0.25) is 0 Å². The third-order valence-electron chi connectivity index (χ3n) is 3.58. The third kappa shape index (κ3) is 4.16. The van der Waals surface area contributed by atoms with E-state index in [-0.39, 0.29) is 17.1 Å². The summed E-state index contributed by atoms with van der Waals surface area (Å²) in [5.74, 6) is -1.84. The van der Waals surface area contributed by atoms with Crippen LogP contribution in [0.25, 0.3) is 10.9 Å². The number of halogens is 2. The summed E-state index contributed by atoms with van der Waals surface area (Å²) < 4.78 is 18.5. The predicted octanol–water partition coefficient (Wildman–Crippen LogP) is 3.68. The molecule has 0 aliphatic heterocycles. The molecule has 3 rings (SSSR count). The smallest absolute Gasteiger partial charge is 0.310 e. The molecule has 2 N–H and O–H groups in total. The van der Waals surface area contributed by atoms with Crippen molar-refractivity contribution in [2.45, 2.75) is 6.42 Å². The van der Waals surface area contributed by atoms with E-state index in [1.807, 2.05) is 24.3 Å². The number of esters is 1. The van der Waals surface area contributed by atoms with Gasteiger partial charge in [0.25, 0.3) is 5.91 Å². The lowest BCUT2D eigenvalue weighted by Crippen LogP contribution is -2.22. The van der Waals surface area contributed by atoms with Crippen molar-refractivity contribution in [1.82, 2.24) is 4.98 Å². The third-order valence-corrected chi connectivity index (χ3v) is 3.81. The van der Waals surface area contributed by atoms with Gasteiger partial charge in [0.05, 0.1) is 12.1 Å². The number of amides is 1. The molecule has 25 heavy (non-hydrogen) atoms. The van der Waals surface area contributed by atoms with Crippen molar-refractivity contribution in [3.63, 3.8) is 0 Å². The van der Waals surface area contributed by atoms with Crippen LogP contribution in [-0.2, 0) is 20.7 Å². The second kappa shape index (κ2) is 7.36. The maximum absolute atomic E-state index is 13.6. The van der Waals surface area contributed by atoms with Gasteiger partial charge in [0.15, 0.2) is 6.61 Å². The van der Waals surface area contributed by atoms with Crippen LogP contribution in [0.1, 0.15) is 5.56 Å². The second-order valence-electron chi connectivity index (χ2n) is 5.37. The minimum absolute atomic E-state index is 0.0259. The van der Waals surface area contributed by atoms with Gasteiger partial charge in [0.1, 0.15) is 5.82 Å². The highest BCUT2D eigenvalue weighted by atomic mass is 35.5. The maximum Gasteiger partial charge on any atom is 0.310 e. The van der Waals surface area contributed by atoms with Crippen LogP contribution in [0.4, 0.5) is 10.1 Å². The number of hydrogen-bond donors (Lipinski definition) is 2. The summed E-state index contributed by atoms with van der Waals surface area (Å²) in [5.41, 5.74) is 1.67. The van der Waals surface area contributed by atoms with Gasteiger partial charge in [-0.25, -0.2) is 4.39 Å². The summed E-state index contributed by atoms with van der Waals surface area (Å²) in [6, 6.07) is 11.4. The largest absolute Gasteiger partial charge is 0.455 e. The summed E-state index contributed by atoms with van der Waals surface area (Å²) in [5, 5.41) is 3.47. The first-order valence-corrected chi connectivity index (χ1v) is 7.86. The van der Waals surface area contributed by atoms with Crippen molar-refractivity contribution in [2.24, 2.45) is 0 Å². The molecule has 1 amide bonds. The van der Waals surface area contributed by atoms with Crippen molar-refractivity contribution in [2.75, 3.05) is 11.9 Å². The number of ether oxygens (including phenoxy) is 1. The van der Waals surface area contributed by atoms with Crippen molar-refractivity contribution >= 4 is 40.1 Å². The minimum Gasteiger partial charge on any atom is -0.455 e. The fourth-order valence-electron chi connectivity index (χ4n) is 2.41. The Morgan fingerprint density at radius 2 is 2.00 bits per heavy atom. The molecule has 0 unspecified atom stereocenters.